The van der Waals surface area contributed by atoms with Gasteiger partial charge in [0, 0.05) is 23.7 Å². The number of fused-ring (bicyclic) bond motifs is 1. The summed E-state index contributed by atoms with van der Waals surface area (Å²) >= 11 is 0. The number of rotatable bonds is 2. The third kappa shape index (κ3) is 2.38. The van der Waals surface area contributed by atoms with Gasteiger partial charge in [-0.25, -0.2) is 13.2 Å². The Morgan fingerprint density at radius 2 is 1.81 bits per heavy atom. The molecule has 0 spiro atoms. The van der Waals surface area contributed by atoms with Gasteiger partial charge in [0.05, 0.1) is 13.2 Å². The Morgan fingerprint density at radius 3 is 2.57 bits per heavy atom. The molecule has 1 aliphatic rings. The maximum absolute atomic E-state index is 14.0. The van der Waals surface area contributed by atoms with E-state index in [1.165, 1.54) is 0 Å². The van der Waals surface area contributed by atoms with Crippen LogP contribution < -0.4 is 10.1 Å². The Balaban J connectivity index is 2.13. The van der Waals surface area contributed by atoms with Crippen LogP contribution in [0.15, 0.2) is 30.3 Å². The minimum absolute atomic E-state index is 0.100. The molecule has 1 atom stereocenters. The summed E-state index contributed by atoms with van der Waals surface area (Å²) in [6.07, 6.45) is 0.737. The number of benzene rings is 2. The summed E-state index contributed by atoms with van der Waals surface area (Å²) in [6, 6.07) is 6.46. The summed E-state index contributed by atoms with van der Waals surface area (Å²) in [5, 5.41) is 3.15. The molecule has 110 valence electrons. The summed E-state index contributed by atoms with van der Waals surface area (Å²) in [7, 11) is 1.57. The second-order valence-corrected chi connectivity index (χ2v) is 4.95. The molecule has 5 heteroatoms. The van der Waals surface area contributed by atoms with Gasteiger partial charge in [-0.1, -0.05) is 12.1 Å². The zero-order chi connectivity index (χ0) is 15.0. The van der Waals surface area contributed by atoms with Gasteiger partial charge in [0.15, 0.2) is 11.6 Å². The van der Waals surface area contributed by atoms with Gasteiger partial charge in [0.1, 0.15) is 11.6 Å². The lowest BCUT2D eigenvalue weighted by molar-refractivity contribution is 0.402. The van der Waals surface area contributed by atoms with Gasteiger partial charge in [0.2, 0.25) is 0 Å². The van der Waals surface area contributed by atoms with Crippen LogP contribution in [-0.4, -0.2) is 13.7 Å². The second kappa shape index (κ2) is 5.41. The normalized spacial score (nSPS) is 17.4. The first-order chi connectivity index (χ1) is 10.1. The van der Waals surface area contributed by atoms with Crippen LogP contribution in [-0.2, 0) is 6.42 Å². The van der Waals surface area contributed by atoms with E-state index < -0.39 is 23.5 Å². The molecule has 2 nitrogen and oxygen atoms in total. The van der Waals surface area contributed by atoms with Crippen LogP contribution >= 0.6 is 0 Å². The number of ether oxygens (including phenoxy) is 1. The van der Waals surface area contributed by atoms with E-state index in [4.69, 9.17) is 4.74 Å². The first kappa shape index (κ1) is 13.9. The fourth-order valence-electron chi connectivity index (χ4n) is 2.80. The van der Waals surface area contributed by atoms with Crippen molar-refractivity contribution in [3.63, 3.8) is 0 Å². The molecule has 2 aromatic rings. The summed E-state index contributed by atoms with van der Waals surface area (Å²) in [5.74, 6) is -2.27. The fourth-order valence-corrected chi connectivity index (χ4v) is 2.80. The van der Waals surface area contributed by atoms with Crippen LogP contribution in [0.5, 0.6) is 5.75 Å². The quantitative estimate of drug-likeness (QED) is 0.857. The monoisotopic (exact) mass is 293 g/mol. The zero-order valence-electron chi connectivity index (χ0n) is 11.4. The number of methoxy groups -OCH3 is 1. The first-order valence-corrected chi connectivity index (χ1v) is 6.65. The van der Waals surface area contributed by atoms with Crippen LogP contribution in [0, 0.1) is 17.5 Å². The predicted molar refractivity (Wildman–Crippen MR) is 72.9 cm³/mol. The lowest BCUT2D eigenvalue weighted by atomic mass is 9.89. The topological polar surface area (TPSA) is 21.3 Å². The van der Waals surface area contributed by atoms with Gasteiger partial charge in [-0.05, 0) is 24.1 Å². The first-order valence-electron chi connectivity index (χ1n) is 6.65. The average Bonchev–Trinajstić information content (AvgIpc) is 2.50. The Hall–Kier alpha value is -2.01. The van der Waals surface area contributed by atoms with Crippen molar-refractivity contribution < 1.29 is 17.9 Å². The molecule has 0 fully saturated rings. The van der Waals surface area contributed by atoms with E-state index in [1.807, 2.05) is 12.1 Å². The van der Waals surface area contributed by atoms with Crippen LogP contribution in [0.1, 0.15) is 22.7 Å². The zero-order valence-corrected chi connectivity index (χ0v) is 11.4. The lowest BCUT2D eigenvalue weighted by Gasteiger charge is -2.28. The van der Waals surface area contributed by atoms with Crippen molar-refractivity contribution in [2.45, 2.75) is 12.5 Å². The fraction of sp³-hybridized carbons (Fsp3) is 0.250. The summed E-state index contributed by atoms with van der Waals surface area (Å²) in [4.78, 5) is 0. The van der Waals surface area contributed by atoms with Crippen molar-refractivity contribution >= 4 is 0 Å². The molecule has 0 aromatic heterocycles. The van der Waals surface area contributed by atoms with E-state index in [0.717, 1.165) is 29.4 Å². The third-order valence-electron chi connectivity index (χ3n) is 3.77. The maximum atomic E-state index is 14.0. The molecular weight excluding hydrogens is 279 g/mol. The summed E-state index contributed by atoms with van der Waals surface area (Å²) in [6.45, 7) is 0.608. The largest absolute Gasteiger partial charge is 0.496 e. The van der Waals surface area contributed by atoms with Crippen LogP contribution in [0.2, 0.25) is 0 Å². The molecule has 0 saturated carbocycles. The highest BCUT2D eigenvalue weighted by Crippen LogP contribution is 2.35. The maximum Gasteiger partial charge on any atom is 0.161 e. The minimum atomic E-state index is -1.18. The number of hydrogen-bond acceptors (Lipinski definition) is 2. The van der Waals surface area contributed by atoms with Gasteiger partial charge >= 0.3 is 0 Å². The molecule has 0 bridgehead atoms. The van der Waals surface area contributed by atoms with Crippen molar-refractivity contribution in [3.8, 4) is 5.75 Å². The molecule has 0 amide bonds. The van der Waals surface area contributed by atoms with Crippen molar-refractivity contribution in [1.82, 2.24) is 5.32 Å². The van der Waals surface area contributed by atoms with Gasteiger partial charge < -0.3 is 10.1 Å². The van der Waals surface area contributed by atoms with E-state index in [-0.39, 0.29) is 5.56 Å². The van der Waals surface area contributed by atoms with Gasteiger partial charge in [-0.15, -0.1) is 0 Å². The van der Waals surface area contributed by atoms with E-state index in [2.05, 4.69) is 5.32 Å². The molecule has 21 heavy (non-hydrogen) atoms. The molecule has 0 saturated heterocycles. The van der Waals surface area contributed by atoms with E-state index in [0.29, 0.717) is 12.6 Å². The Morgan fingerprint density at radius 1 is 1.05 bits per heavy atom. The van der Waals surface area contributed by atoms with Crippen molar-refractivity contribution in [1.29, 1.82) is 0 Å². The predicted octanol–water partition coefficient (Wildman–Crippen LogP) is 3.35. The smallest absolute Gasteiger partial charge is 0.161 e. The van der Waals surface area contributed by atoms with Crippen molar-refractivity contribution in [3.05, 3.63) is 64.5 Å². The van der Waals surface area contributed by atoms with E-state index in [1.54, 1.807) is 13.2 Å². The van der Waals surface area contributed by atoms with Crippen molar-refractivity contribution in [2.24, 2.45) is 0 Å². The SMILES string of the molecule is COc1cccc2c1CCNC2c1cc(F)c(F)cc1F. The van der Waals surface area contributed by atoms with Gasteiger partial charge in [-0.2, -0.15) is 0 Å². The molecule has 1 N–H and O–H groups in total. The van der Waals surface area contributed by atoms with Gasteiger partial charge in [-0.3, -0.25) is 0 Å². The van der Waals surface area contributed by atoms with E-state index >= 15 is 0 Å². The molecule has 2 aromatic carbocycles. The van der Waals surface area contributed by atoms with Crippen LogP contribution in [0.4, 0.5) is 13.2 Å². The van der Waals surface area contributed by atoms with Crippen LogP contribution in [0.25, 0.3) is 0 Å². The highest BCUT2D eigenvalue weighted by Gasteiger charge is 2.26. The molecule has 1 aliphatic heterocycles. The summed E-state index contributed by atoms with van der Waals surface area (Å²) in [5.41, 5.74) is 1.89. The van der Waals surface area contributed by atoms with Crippen molar-refractivity contribution in [2.75, 3.05) is 13.7 Å². The molecule has 0 radical (unpaired) electrons. The Kier molecular flexibility index (Phi) is 3.59. The molecular formula is C16H14F3NO. The highest BCUT2D eigenvalue weighted by molar-refractivity contribution is 5.47. The lowest BCUT2D eigenvalue weighted by Crippen LogP contribution is -2.31. The molecule has 1 unspecified atom stereocenters. The third-order valence-corrected chi connectivity index (χ3v) is 3.77. The number of halogens is 3. The number of nitrogens with one attached hydrogen (secondary N) is 1. The van der Waals surface area contributed by atoms with Gasteiger partial charge in [0.25, 0.3) is 0 Å². The Bertz CT molecular complexity index is 687. The second-order valence-electron chi connectivity index (χ2n) is 4.95. The summed E-state index contributed by atoms with van der Waals surface area (Å²) < 4.78 is 45.9. The molecule has 0 aliphatic carbocycles. The van der Waals surface area contributed by atoms with Crippen LogP contribution in [0.3, 0.4) is 0 Å². The minimum Gasteiger partial charge on any atom is -0.496 e. The highest BCUT2D eigenvalue weighted by atomic mass is 19.2. The van der Waals surface area contributed by atoms with E-state index in [9.17, 15) is 13.2 Å². The standard InChI is InChI=1S/C16H14F3NO/c1-21-15-4-2-3-10-9(15)5-6-20-16(10)11-7-13(18)14(19)8-12(11)17/h2-4,7-8,16,20H,5-6H2,1H3. The molecule has 3 rings (SSSR count). The number of hydrogen-bond donors (Lipinski definition) is 1. The Labute approximate surface area is 120 Å². The average molecular weight is 293 g/mol. The molecule has 1 heterocycles.